The van der Waals surface area contributed by atoms with E-state index in [9.17, 15) is 0 Å². The highest BCUT2D eigenvalue weighted by molar-refractivity contribution is 5.22. The van der Waals surface area contributed by atoms with Gasteiger partial charge >= 0.3 is 0 Å². The van der Waals surface area contributed by atoms with Crippen molar-refractivity contribution >= 4 is 0 Å². The lowest BCUT2D eigenvalue weighted by atomic mass is 9.98. The minimum atomic E-state index is 0.125. The van der Waals surface area contributed by atoms with Crippen molar-refractivity contribution in [1.82, 2.24) is 0 Å². The molecule has 0 saturated heterocycles. The van der Waals surface area contributed by atoms with Gasteiger partial charge in [-0.3, -0.25) is 0 Å². The van der Waals surface area contributed by atoms with E-state index in [1.54, 1.807) is 7.11 Å². The molecule has 16 heavy (non-hydrogen) atoms. The van der Waals surface area contributed by atoms with Gasteiger partial charge in [-0.15, -0.1) is 0 Å². The number of benzene rings is 1. The predicted octanol–water partition coefficient (Wildman–Crippen LogP) is 2.29. The fourth-order valence-electron chi connectivity index (χ4n) is 2.25. The van der Waals surface area contributed by atoms with Gasteiger partial charge in [0.2, 0.25) is 0 Å². The summed E-state index contributed by atoms with van der Waals surface area (Å²) in [6.07, 6.45) is 3.71. The van der Waals surface area contributed by atoms with E-state index in [1.807, 2.05) is 0 Å². The minimum Gasteiger partial charge on any atom is -0.380 e. The van der Waals surface area contributed by atoms with Crippen LogP contribution in [-0.2, 0) is 11.2 Å². The molecule has 0 bridgehead atoms. The first-order valence-corrected chi connectivity index (χ1v) is 6.04. The third kappa shape index (κ3) is 2.83. The summed E-state index contributed by atoms with van der Waals surface area (Å²) in [4.78, 5) is 0. The standard InChI is InChI=1S/C14H21NO/c1-10-3-5-11(6-4-10)9-13(15)14(16-2)12-7-8-12/h3-6,12-14H,7-9,15H2,1-2H3. The van der Waals surface area contributed by atoms with Crippen LogP contribution in [0.25, 0.3) is 0 Å². The zero-order chi connectivity index (χ0) is 11.5. The maximum atomic E-state index is 6.21. The number of hydrogen-bond donors (Lipinski definition) is 1. The van der Waals surface area contributed by atoms with Gasteiger partial charge in [-0.1, -0.05) is 29.8 Å². The molecular formula is C14H21NO. The third-order valence-electron chi connectivity index (χ3n) is 3.37. The Hall–Kier alpha value is -0.860. The summed E-state index contributed by atoms with van der Waals surface area (Å²) < 4.78 is 5.51. The van der Waals surface area contributed by atoms with Gasteiger partial charge in [-0.2, -0.15) is 0 Å². The zero-order valence-corrected chi connectivity index (χ0v) is 10.1. The van der Waals surface area contributed by atoms with E-state index in [1.165, 1.54) is 24.0 Å². The maximum absolute atomic E-state index is 6.21. The van der Waals surface area contributed by atoms with Crippen LogP contribution in [0.3, 0.4) is 0 Å². The zero-order valence-electron chi connectivity index (χ0n) is 10.1. The van der Waals surface area contributed by atoms with Crippen molar-refractivity contribution in [1.29, 1.82) is 0 Å². The van der Waals surface area contributed by atoms with Gasteiger partial charge in [0.1, 0.15) is 0 Å². The maximum Gasteiger partial charge on any atom is 0.0753 e. The van der Waals surface area contributed by atoms with Crippen molar-refractivity contribution < 1.29 is 4.74 Å². The summed E-state index contributed by atoms with van der Waals surface area (Å²) in [6.45, 7) is 2.10. The summed E-state index contributed by atoms with van der Waals surface area (Å²) >= 11 is 0. The molecule has 1 aliphatic carbocycles. The van der Waals surface area contributed by atoms with Crippen LogP contribution >= 0.6 is 0 Å². The first-order valence-electron chi connectivity index (χ1n) is 6.04. The number of rotatable bonds is 5. The number of aryl methyl sites for hydroxylation is 1. The molecule has 2 N–H and O–H groups in total. The van der Waals surface area contributed by atoms with E-state index < -0.39 is 0 Å². The molecule has 0 aromatic heterocycles. The smallest absolute Gasteiger partial charge is 0.0753 e. The highest BCUT2D eigenvalue weighted by Gasteiger charge is 2.35. The highest BCUT2D eigenvalue weighted by Crippen LogP contribution is 2.35. The Kier molecular flexibility index (Phi) is 3.62. The molecule has 1 fully saturated rings. The van der Waals surface area contributed by atoms with E-state index in [-0.39, 0.29) is 12.1 Å². The van der Waals surface area contributed by atoms with Gasteiger partial charge in [0.25, 0.3) is 0 Å². The Balaban J connectivity index is 1.94. The van der Waals surface area contributed by atoms with Crippen molar-refractivity contribution in [2.45, 2.75) is 38.3 Å². The van der Waals surface area contributed by atoms with E-state index in [4.69, 9.17) is 10.5 Å². The molecule has 2 nitrogen and oxygen atoms in total. The van der Waals surface area contributed by atoms with Crippen LogP contribution in [0.15, 0.2) is 24.3 Å². The second-order valence-electron chi connectivity index (χ2n) is 4.89. The second kappa shape index (κ2) is 4.98. The average molecular weight is 219 g/mol. The van der Waals surface area contributed by atoms with E-state index in [2.05, 4.69) is 31.2 Å². The number of methoxy groups -OCH3 is 1. The molecule has 1 aromatic rings. The Morgan fingerprint density at radius 2 is 1.94 bits per heavy atom. The molecule has 2 unspecified atom stereocenters. The van der Waals surface area contributed by atoms with Crippen LogP contribution < -0.4 is 5.73 Å². The first kappa shape index (κ1) is 11.6. The number of ether oxygens (including phenoxy) is 1. The van der Waals surface area contributed by atoms with Crippen LogP contribution in [0.5, 0.6) is 0 Å². The molecule has 1 aromatic carbocycles. The summed E-state index contributed by atoms with van der Waals surface area (Å²) in [5, 5.41) is 0. The summed E-state index contributed by atoms with van der Waals surface area (Å²) in [7, 11) is 1.78. The molecule has 2 atom stereocenters. The molecule has 0 heterocycles. The molecular weight excluding hydrogens is 198 g/mol. The van der Waals surface area contributed by atoms with Gasteiger partial charge < -0.3 is 10.5 Å². The molecule has 0 spiro atoms. The molecule has 0 radical (unpaired) electrons. The van der Waals surface area contributed by atoms with Crippen LogP contribution in [0, 0.1) is 12.8 Å². The Morgan fingerprint density at radius 1 is 1.31 bits per heavy atom. The predicted molar refractivity (Wildman–Crippen MR) is 66.4 cm³/mol. The molecule has 0 amide bonds. The third-order valence-corrected chi connectivity index (χ3v) is 3.37. The van der Waals surface area contributed by atoms with Crippen molar-refractivity contribution in [3.63, 3.8) is 0 Å². The lowest BCUT2D eigenvalue weighted by molar-refractivity contribution is 0.0627. The van der Waals surface area contributed by atoms with Crippen molar-refractivity contribution in [2.24, 2.45) is 11.7 Å². The topological polar surface area (TPSA) is 35.2 Å². The van der Waals surface area contributed by atoms with E-state index in [0.29, 0.717) is 5.92 Å². The molecule has 2 heteroatoms. The van der Waals surface area contributed by atoms with Crippen molar-refractivity contribution in [3.05, 3.63) is 35.4 Å². The quantitative estimate of drug-likeness (QED) is 0.824. The van der Waals surface area contributed by atoms with Gasteiger partial charge in [0.05, 0.1) is 6.10 Å². The van der Waals surface area contributed by atoms with Crippen LogP contribution in [0.2, 0.25) is 0 Å². The van der Waals surface area contributed by atoms with Crippen LogP contribution in [-0.4, -0.2) is 19.3 Å². The number of hydrogen-bond acceptors (Lipinski definition) is 2. The summed E-state index contributed by atoms with van der Waals surface area (Å²) in [5.41, 5.74) is 8.82. The van der Waals surface area contributed by atoms with Gasteiger partial charge in [0, 0.05) is 13.2 Å². The Bertz CT molecular complexity index is 329. The first-order chi connectivity index (χ1) is 7.70. The average Bonchev–Trinajstić information content (AvgIpc) is 3.07. The van der Waals surface area contributed by atoms with E-state index >= 15 is 0 Å². The van der Waals surface area contributed by atoms with Crippen LogP contribution in [0.4, 0.5) is 0 Å². The number of nitrogens with two attached hydrogens (primary N) is 1. The fourth-order valence-corrected chi connectivity index (χ4v) is 2.25. The van der Waals surface area contributed by atoms with Crippen molar-refractivity contribution in [3.8, 4) is 0 Å². The van der Waals surface area contributed by atoms with Gasteiger partial charge in [-0.25, -0.2) is 0 Å². The Labute approximate surface area is 97.8 Å². The fraction of sp³-hybridized carbons (Fsp3) is 0.571. The van der Waals surface area contributed by atoms with Crippen molar-refractivity contribution in [2.75, 3.05) is 7.11 Å². The largest absolute Gasteiger partial charge is 0.380 e. The molecule has 1 saturated carbocycles. The lowest BCUT2D eigenvalue weighted by Gasteiger charge is -2.22. The normalized spacial score (nSPS) is 19.4. The molecule has 1 aliphatic rings. The SMILES string of the molecule is COC(C(N)Cc1ccc(C)cc1)C1CC1. The van der Waals surface area contributed by atoms with Gasteiger partial charge in [0.15, 0.2) is 0 Å². The molecule has 2 rings (SSSR count). The second-order valence-corrected chi connectivity index (χ2v) is 4.89. The molecule has 88 valence electrons. The lowest BCUT2D eigenvalue weighted by Crippen LogP contribution is -2.39. The monoisotopic (exact) mass is 219 g/mol. The highest BCUT2D eigenvalue weighted by atomic mass is 16.5. The molecule has 0 aliphatic heterocycles. The Morgan fingerprint density at radius 3 is 2.44 bits per heavy atom. The summed E-state index contributed by atoms with van der Waals surface area (Å²) in [5.74, 6) is 0.699. The van der Waals surface area contributed by atoms with E-state index in [0.717, 1.165) is 6.42 Å². The van der Waals surface area contributed by atoms with Crippen LogP contribution in [0.1, 0.15) is 24.0 Å². The minimum absolute atomic E-state index is 0.125. The van der Waals surface area contributed by atoms with Gasteiger partial charge in [-0.05, 0) is 37.7 Å². The summed E-state index contributed by atoms with van der Waals surface area (Å²) in [6, 6.07) is 8.73.